The smallest absolute Gasteiger partial charge is 0.114 e. The van der Waals surface area contributed by atoms with E-state index in [-0.39, 0.29) is 0 Å². The first-order valence-corrected chi connectivity index (χ1v) is 7.52. The van der Waals surface area contributed by atoms with Crippen LogP contribution in [0.4, 0.5) is 0 Å². The monoisotopic (exact) mass is 299 g/mol. The lowest BCUT2D eigenvalue weighted by Crippen LogP contribution is -2.03. The quantitative estimate of drug-likeness (QED) is 0.797. The molecule has 0 spiro atoms. The van der Waals surface area contributed by atoms with Crippen molar-refractivity contribution >= 4 is 22.6 Å². The zero-order valence-electron chi connectivity index (χ0n) is 12.0. The van der Waals surface area contributed by atoms with Gasteiger partial charge in [-0.1, -0.05) is 35.9 Å². The van der Waals surface area contributed by atoms with E-state index in [9.17, 15) is 0 Å². The second kappa shape index (κ2) is 5.88. The Morgan fingerprint density at radius 2 is 2.00 bits per heavy atom. The van der Waals surface area contributed by atoms with Crippen molar-refractivity contribution in [1.82, 2.24) is 9.55 Å². The van der Waals surface area contributed by atoms with Gasteiger partial charge in [0.15, 0.2) is 0 Å². The Kier molecular flexibility index (Phi) is 3.95. The van der Waals surface area contributed by atoms with E-state index in [1.165, 1.54) is 5.52 Å². The number of rotatable bonds is 4. The molecule has 108 valence electrons. The minimum absolute atomic E-state index is 0.507. The fourth-order valence-electron chi connectivity index (χ4n) is 2.64. The molecule has 1 aromatic heterocycles. The molecule has 3 rings (SSSR count). The van der Waals surface area contributed by atoms with E-state index >= 15 is 0 Å². The molecule has 1 heterocycles. The highest BCUT2D eigenvalue weighted by atomic mass is 35.5. The molecule has 0 radical (unpaired) electrons. The fraction of sp³-hybridized carbons (Fsp3) is 0.235. The van der Waals surface area contributed by atoms with Gasteiger partial charge in [-0.2, -0.15) is 0 Å². The lowest BCUT2D eigenvalue weighted by Gasteiger charge is -2.08. The molecule has 0 aliphatic rings. The minimum atomic E-state index is 0.507. The van der Waals surface area contributed by atoms with Crippen molar-refractivity contribution in [3.63, 3.8) is 0 Å². The van der Waals surface area contributed by atoms with E-state index in [1.807, 2.05) is 36.4 Å². The fourth-order valence-corrected chi connectivity index (χ4v) is 2.91. The van der Waals surface area contributed by atoms with Crippen molar-refractivity contribution < 1.29 is 0 Å². The molecule has 4 heteroatoms. The molecule has 0 bridgehead atoms. The molecule has 0 saturated carbocycles. The summed E-state index contributed by atoms with van der Waals surface area (Å²) in [6.45, 7) is 3.54. The summed E-state index contributed by atoms with van der Waals surface area (Å²) in [5.74, 6) is 1.04. The Morgan fingerprint density at radius 1 is 1.19 bits per heavy atom. The molecular weight excluding hydrogens is 282 g/mol. The van der Waals surface area contributed by atoms with Crippen LogP contribution in [0.25, 0.3) is 11.0 Å². The van der Waals surface area contributed by atoms with Gasteiger partial charge in [0.1, 0.15) is 5.82 Å². The molecule has 21 heavy (non-hydrogen) atoms. The van der Waals surface area contributed by atoms with E-state index in [1.54, 1.807) is 0 Å². The molecule has 0 aliphatic carbocycles. The van der Waals surface area contributed by atoms with Crippen molar-refractivity contribution in [2.75, 3.05) is 0 Å². The number of fused-ring (bicyclic) bond motifs is 1. The van der Waals surface area contributed by atoms with E-state index in [0.29, 0.717) is 6.54 Å². The highest BCUT2D eigenvalue weighted by molar-refractivity contribution is 6.31. The summed E-state index contributed by atoms with van der Waals surface area (Å²) in [4.78, 5) is 4.74. The summed E-state index contributed by atoms with van der Waals surface area (Å²) in [6.07, 6.45) is 0.728. The molecule has 3 nitrogen and oxygen atoms in total. The van der Waals surface area contributed by atoms with Crippen LogP contribution in [0.3, 0.4) is 0 Å². The predicted octanol–water partition coefficient (Wildman–Crippen LogP) is 3.76. The standard InChI is InChI=1S/C17H18ClN3/c1-2-21-16-6-4-3-5-15(16)20-17(21)10-13-8-7-12(11-19)9-14(13)18/h3-9H,2,10-11,19H2,1H3. The van der Waals surface area contributed by atoms with Gasteiger partial charge in [0.05, 0.1) is 11.0 Å². The number of hydrogen-bond donors (Lipinski definition) is 1. The Labute approximate surface area is 129 Å². The molecular formula is C17H18ClN3. The Hall–Kier alpha value is -1.84. The second-order valence-electron chi connectivity index (χ2n) is 5.07. The van der Waals surface area contributed by atoms with Crippen LogP contribution >= 0.6 is 11.6 Å². The first-order chi connectivity index (χ1) is 10.2. The van der Waals surface area contributed by atoms with Crippen LogP contribution in [0.15, 0.2) is 42.5 Å². The number of nitrogens with zero attached hydrogens (tertiary/aromatic N) is 2. The van der Waals surface area contributed by atoms with Gasteiger partial charge >= 0.3 is 0 Å². The van der Waals surface area contributed by atoms with Gasteiger partial charge in [-0.05, 0) is 36.2 Å². The number of aromatic nitrogens is 2. The lowest BCUT2D eigenvalue weighted by molar-refractivity contribution is 0.733. The zero-order chi connectivity index (χ0) is 14.8. The van der Waals surface area contributed by atoms with Crippen molar-refractivity contribution in [2.45, 2.75) is 26.4 Å². The van der Waals surface area contributed by atoms with Gasteiger partial charge in [0, 0.05) is 24.5 Å². The number of nitrogens with two attached hydrogens (primary N) is 1. The van der Waals surface area contributed by atoms with E-state index in [0.717, 1.165) is 40.5 Å². The summed E-state index contributed by atoms with van der Waals surface area (Å²) >= 11 is 6.36. The largest absolute Gasteiger partial charge is 0.328 e. The zero-order valence-corrected chi connectivity index (χ0v) is 12.8. The summed E-state index contributed by atoms with van der Waals surface area (Å²) in [7, 11) is 0. The third-order valence-electron chi connectivity index (χ3n) is 3.75. The maximum absolute atomic E-state index is 6.36. The van der Waals surface area contributed by atoms with Crippen LogP contribution in [0.1, 0.15) is 23.9 Å². The van der Waals surface area contributed by atoms with Crippen LogP contribution in [0, 0.1) is 0 Å². The average Bonchev–Trinajstić information content (AvgIpc) is 2.86. The maximum atomic E-state index is 6.36. The molecule has 0 saturated heterocycles. The SMILES string of the molecule is CCn1c(Cc2ccc(CN)cc2Cl)nc2ccccc21. The van der Waals surface area contributed by atoms with Crippen LogP contribution < -0.4 is 5.73 Å². The number of imidazole rings is 1. The van der Waals surface area contributed by atoms with Gasteiger partial charge in [0.25, 0.3) is 0 Å². The Balaban J connectivity index is 2.01. The summed E-state index contributed by atoms with van der Waals surface area (Å²) in [5.41, 5.74) is 9.98. The second-order valence-corrected chi connectivity index (χ2v) is 5.47. The minimum Gasteiger partial charge on any atom is -0.328 e. The van der Waals surface area contributed by atoms with Gasteiger partial charge < -0.3 is 10.3 Å². The van der Waals surface area contributed by atoms with Crippen LogP contribution in [0.2, 0.25) is 5.02 Å². The third kappa shape index (κ3) is 2.67. The highest BCUT2D eigenvalue weighted by Gasteiger charge is 2.11. The average molecular weight is 300 g/mol. The number of halogens is 1. The molecule has 3 aromatic rings. The number of benzene rings is 2. The normalized spacial score (nSPS) is 11.2. The number of para-hydroxylation sites is 2. The van der Waals surface area contributed by atoms with Crippen LogP contribution in [0.5, 0.6) is 0 Å². The lowest BCUT2D eigenvalue weighted by atomic mass is 10.1. The summed E-state index contributed by atoms with van der Waals surface area (Å²) in [6, 6.07) is 14.2. The molecule has 2 aromatic carbocycles. The molecule has 0 fully saturated rings. The van der Waals surface area contributed by atoms with Gasteiger partial charge in [-0.3, -0.25) is 0 Å². The topological polar surface area (TPSA) is 43.8 Å². The summed E-state index contributed by atoms with van der Waals surface area (Å²) in [5, 5.41) is 0.757. The van der Waals surface area contributed by atoms with Crippen molar-refractivity contribution in [1.29, 1.82) is 0 Å². The van der Waals surface area contributed by atoms with Gasteiger partial charge in [-0.25, -0.2) is 4.98 Å². The van der Waals surface area contributed by atoms with Crippen molar-refractivity contribution in [3.05, 3.63) is 64.4 Å². The van der Waals surface area contributed by atoms with E-state index in [4.69, 9.17) is 22.3 Å². The Morgan fingerprint density at radius 3 is 2.71 bits per heavy atom. The number of aryl methyl sites for hydroxylation is 1. The van der Waals surface area contributed by atoms with Gasteiger partial charge in [0.2, 0.25) is 0 Å². The third-order valence-corrected chi connectivity index (χ3v) is 4.10. The van der Waals surface area contributed by atoms with Crippen molar-refractivity contribution in [3.8, 4) is 0 Å². The summed E-state index contributed by atoms with van der Waals surface area (Å²) < 4.78 is 2.24. The van der Waals surface area contributed by atoms with E-state index in [2.05, 4.69) is 17.6 Å². The number of hydrogen-bond acceptors (Lipinski definition) is 2. The van der Waals surface area contributed by atoms with Gasteiger partial charge in [-0.15, -0.1) is 0 Å². The van der Waals surface area contributed by atoms with Crippen molar-refractivity contribution in [2.24, 2.45) is 5.73 Å². The first-order valence-electron chi connectivity index (χ1n) is 7.14. The molecule has 0 unspecified atom stereocenters. The van der Waals surface area contributed by atoms with Crippen LogP contribution in [-0.2, 0) is 19.5 Å². The maximum Gasteiger partial charge on any atom is 0.114 e. The predicted molar refractivity (Wildman–Crippen MR) is 87.6 cm³/mol. The molecule has 0 atom stereocenters. The van der Waals surface area contributed by atoms with E-state index < -0.39 is 0 Å². The van der Waals surface area contributed by atoms with Crippen LogP contribution in [-0.4, -0.2) is 9.55 Å². The molecule has 0 amide bonds. The highest BCUT2D eigenvalue weighted by Crippen LogP contribution is 2.23. The molecule has 2 N–H and O–H groups in total. The first kappa shape index (κ1) is 14.1. The molecule has 0 aliphatic heterocycles. The Bertz CT molecular complexity index is 777.